The van der Waals surface area contributed by atoms with Gasteiger partial charge in [-0.1, -0.05) is 30.3 Å². The lowest BCUT2D eigenvalue weighted by Gasteiger charge is -2.10. The zero-order valence-corrected chi connectivity index (χ0v) is 11.1. The normalized spacial score (nSPS) is 11.0. The quantitative estimate of drug-likeness (QED) is 0.850. The van der Waals surface area contributed by atoms with Crippen LogP contribution in [-0.2, 0) is 10.0 Å². The van der Waals surface area contributed by atoms with Gasteiger partial charge >= 0.3 is 0 Å². The highest BCUT2D eigenvalue weighted by Gasteiger charge is 2.19. The fourth-order valence-electron chi connectivity index (χ4n) is 1.48. The van der Waals surface area contributed by atoms with Crippen LogP contribution in [0.4, 0.5) is 0 Å². The summed E-state index contributed by atoms with van der Waals surface area (Å²) in [5.41, 5.74) is 0. The van der Waals surface area contributed by atoms with Gasteiger partial charge in [0.1, 0.15) is 16.4 Å². The summed E-state index contributed by atoms with van der Waals surface area (Å²) in [7, 11) is -2.39. The van der Waals surface area contributed by atoms with Crippen LogP contribution in [0.3, 0.4) is 0 Å². The molecule has 0 aromatic heterocycles. The Labute approximate surface area is 111 Å². The summed E-state index contributed by atoms with van der Waals surface area (Å²) in [5.74, 6) is 0.660. The molecule has 0 aliphatic rings. The average molecular weight is 279 g/mol. The molecule has 0 aliphatic heterocycles. The maximum absolute atomic E-state index is 12.1. The monoisotopic (exact) mass is 279 g/mol. The van der Waals surface area contributed by atoms with Crippen LogP contribution in [0.5, 0.6) is 11.5 Å². The zero-order valence-electron chi connectivity index (χ0n) is 10.2. The van der Waals surface area contributed by atoms with Gasteiger partial charge in [-0.15, -0.1) is 0 Å². The third-order valence-electron chi connectivity index (χ3n) is 2.37. The van der Waals surface area contributed by atoms with E-state index < -0.39 is 10.0 Å². The predicted octanol–water partition coefficient (Wildman–Crippen LogP) is 1.97. The molecule has 5 nitrogen and oxygen atoms in total. The largest absolute Gasteiger partial charge is 0.495 e. The number of methoxy groups -OCH3 is 1. The Morgan fingerprint density at radius 1 is 0.947 bits per heavy atom. The average Bonchev–Trinajstić information content (AvgIpc) is 2.46. The Morgan fingerprint density at radius 2 is 1.58 bits per heavy atom. The summed E-state index contributed by atoms with van der Waals surface area (Å²) in [6.45, 7) is 0. The molecule has 1 N–H and O–H groups in total. The van der Waals surface area contributed by atoms with Crippen molar-refractivity contribution in [3.05, 3.63) is 54.6 Å². The van der Waals surface area contributed by atoms with Gasteiger partial charge in [0.2, 0.25) is 0 Å². The molecule has 0 bridgehead atoms. The molecule has 6 heteroatoms. The summed E-state index contributed by atoms with van der Waals surface area (Å²) in [6.07, 6.45) is 0. The molecule has 2 aromatic carbocycles. The van der Waals surface area contributed by atoms with Crippen LogP contribution >= 0.6 is 0 Å². The molecule has 19 heavy (non-hydrogen) atoms. The molecule has 0 amide bonds. The number of rotatable bonds is 5. The third kappa shape index (κ3) is 3.24. The van der Waals surface area contributed by atoms with E-state index >= 15 is 0 Å². The first-order valence-corrected chi connectivity index (χ1v) is 6.98. The summed E-state index contributed by atoms with van der Waals surface area (Å²) in [4.78, 5) is 7.11. The number of hydrogen-bond acceptors (Lipinski definition) is 4. The van der Waals surface area contributed by atoms with Crippen LogP contribution in [0.25, 0.3) is 0 Å². The van der Waals surface area contributed by atoms with Crippen molar-refractivity contribution in [1.82, 2.24) is 4.89 Å². The lowest BCUT2D eigenvalue weighted by atomic mass is 10.3. The van der Waals surface area contributed by atoms with Gasteiger partial charge in [0.25, 0.3) is 10.0 Å². The lowest BCUT2D eigenvalue weighted by molar-refractivity contribution is 0.268. The smallest absolute Gasteiger partial charge is 0.275 e. The van der Waals surface area contributed by atoms with Crippen molar-refractivity contribution >= 4 is 10.0 Å². The Hall–Kier alpha value is -2.05. The standard InChI is InChI=1S/C13H13NO4S/c1-17-12-9-5-6-10-13(12)19(15,16)14-18-11-7-3-2-4-8-11/h2-10,14H,1H3. The molecule has 2 aromatic rings. The number of benzene rings is 2. The molecule has 0 heterocycles. The van der Waals surface area contributed by atoms with Crippen LogP contribution in [0, 0.1) is 0 Å². The highest BCUT2D eigenvalue weighted by atomic mass is 32.2. The predicted molar refractivity (Wildman–Crippen MR) is 70.4 cm³/mol. The van der Waals surface area contributed by atoms with E-state index in [1.165, 1.54) is 13.2 Å². The highest BCUT2D eigenvalue weighted by molar-refractivity contribution is 7.89. The van der Waals surface area contributed by atoms with Gasteiger partial charge in [-0.2, -0.15) is 0 Å². The van der Waals surface area contributed by atoms with Gasteiger partial charge in [-0.05, 0) is 29.2 Å². The van der Waals surface area contributed by atoms with Crippen molar-refractivity contribution in [3.8, 4) is 11.5 Å². The van der Waals surface area contributed by atoms with E-state index in [0.29, 0.717) is 5.75 Å². The maximum atomic E-state index is 12.1. The number of ether oxygens (including phenoxy) is 1. The van der Waals surface area contributed by atoms with Gasteiger partial charge in [0.15, 0.2) is 0 Å². The minimum Gasteiger partial charge on any atom is -0.495 e. The van der Waals surface area contributed by atoms with E-state index in [1.807, 2.05) is 6.07 Å². The van der Waals surface area contributed by atoms with Gasteiger partial charge < -0.3 is 9.57 Å². The van der Waals surface area contributed by atoms with Crippen LogP contribution in [0.2, 0.25) is 0 Å². The molecule has 0 atom stereocenters. The minimum atomic E-state index is -3.80. The third-order valence-corrected chi connectivity index (χ3v) is 3.59. The summed E-state index contributed by atoms with van der Waals surface area (Å²) in [6, 6.07) is 14.9. The minimum absolute atomic E-state index is 0.0217. The second kappa shape index (κ2) is 5.73. The molecule has 2 rings (SSSR count). The van der Waals surface area contributed by atoms with Gasteiger partial charge in [0.05, 0.1) is 7.11 Å². The number of sulfonamides is 1. The van der Waals surface area contributed by atoms with Gasteiger partial charge in [-0.3, -0.25) is 0 Å². The van der Waals surface area contributed by atoms with Crippen LogP contribution in [-0.4, -0.2) is 15.5 Å². The fourth-order valence-corrected chi connectivity index (χ4v) is 2.45. The number of hydrogen-bond donors (Lipinski definition) is 1. The molecular formula is C13H13NO4S. The highest BCUT2D eigenvalue weighted by Crippen LogP contribution is 2.22. The lowest BCUT2D eigenvalue weighted by Crippen LogP contribution is -2.27. The molecule has 0 aliphatic carbocycles. The van der Waals surface area contributed by atoms with Crippen molar-refractivity contribution in [1.29, 1.82) is 0 Å². The molecule has 0 saturated heterocycles. The number of para-hydroxylation sites is 2. The van der Waals surface area contributed by atoms with Crippen LogP contribution in [0.15, 0.2) is 59.5 Å². The van der Waals surface area contributed by atoms with Crippen molar-refractivity contribution in [2.24, 2.45) is 0 Å². The summed E-state index contributed by atoms with van der Waals surface area (Å²) >= 11 is 0. The molecule has 0 spiro atoms. The van der Waals surface area contributed by atoms with E-state index in [0.717, 1.165) is 0 Å². The molecular weight excluding hydrogens is 266 g/mol. The fraction of sp³-hybridized carbons (Fsp3) is 0.0769. The molecule has 100 valence electrons. The molecule has 0 unspecified atom stereocenters. The van der Waals surface area contributed by atoms with Gasteiger partial charge in [0, 0.05) is 0 Å². The first-order valence-electron chi connectivity index (χ1n) is 5.50. The van der Waals surface area contributed by atoms with Crippen molar-refractivity contribution in [2.75, 3.05) is 7.11 Å². The first-order chi connectivity index (χ1) is 9.13. The van der Waals surface area contributed by atoms with E-state index in [-0.39, 0.29) is 10.6 Å². The maximum Gasteiger partial charge on any atom is 0.275 e. The van der Waals surface area contributed by atoms with Crippen molar-refractivity contribution in [3.63, 3.8) is 0 Å². The Balaban J connectivity index is 2.19. The second-order valence-electron chi connectivity index (χ2n) is 3.65. The van der Waals surface area contributed by atoms with E-state index in [9.17, 15) is 8.42 Å². The van der Waals surface area contributed by atoms with Crippen LogP contribution < -0.4 is 14.5 Å². The molecule has 0 radical (unpaired) electrons. The topological polar surface area (TPSA) is 64.6 Å². The first kappa shape index (κ1) is 13.4. The zero-order chi connectivity index (χ0) is 13.7. The Kier molecular flexibility index (Phi) is 4.03. The van der Waals surface area contributed by atoms with Crippen molar-refractivity contribution < 1.29 is 18.0 Å². The summed E-state index contributed by atoms with van der Waals surface area (Å²) in [5, 5.41) is 0. The second-order valence-corrected chi connectivity index (χ2v) is 5.27. The summed E-state index contributed by atoms with van der Waals surface area (Å²) < 4.78 is 29.1. The van der Waals surface area contributed by atoms with Crippen LogP contribution in [0.1, 0.15) is 0 Å². The molecule has 0 fully saturated rings. The van der Waals surface area contributed by atoms with E-state index in [2.05, 4.69) is 4.89 Å². The van der Waals surface area contributed by atoms with Crippen molar-refractivity contribution in [2.45, 2.75) is 4.90 Å². The number of nitrogens with one attached hydrogen (secondary N) is 1. The van der Waals surface area contributed by atoms with Gasteiger partial charge in [-0.25, -0.2) is 8.42 Å². The SMILES string of the molecule is COc1ccccc1S(=O)(=O)NOc1ccccc1. The van der Waals surface area contributed by atoms with E-state index in [1.54, 1.807) is 42.5 Å². The van der Waals surface area contributed by atoms with E-state index in [4.69, 9.17) is 9.57 Å². The Bertz CT molecular complexity index is 641. The molecule has 0 saturated carbocycles. The Morgan fingerprint density at radius 3 is 2.26 bits per heavy atom.